The number of para-hydroxylation sites is 1. The highest BCUT2D eigenvalue weighted by Crippen LogP contribution is 2.35. The lowest BCUT2D eigenvalue weighted by atomic mass is 9.89. The summed E-state index contributed by atoms with van der Waals surface area (Å²) in [6, 6.07) is 9.49. The van der Waals surface area contributed by atoms with Crippen molar-refractivity contribution in [3.05, 3.63) is 65.5 Å². The molecule has 1 aliphatic carbocycles. The standard InChI is InChI=1S/C24H21F6N3O/c1-13-12-20(32-18-5-3-2-4-16(13)18)31-14-6-8-15(9-7-14)33(23(34)24(28,29)30)19-11-10-17(25)21(26)22(19)27/h2-5,10-12,14-15H,6-9H2,1H3,(H,31,32). The minimum atomic E-state index is -5.31. The molecule has 0 unspecified atom stereocenters. The molecule has 4 rings (SSSR count). The Labute approximate surface area is 191 Å². The lowest BCUT2D eigenvalue weighted by Crippen LogP contribution is -2.50. The summed E-state index contributed by atoms with van der Waals surface area (Å²) in [5.74, 6) is -7.00. The number of alkyl halides is 3. The zero-order chi connectivity index (χ0) is 24.6. The molecule has 0 aliphatic heterocycles. The number of aromatic nitrogens is 1. The Morgan fingerprint density at radius 1 is 1.00 bits per heavy atom. The van der Waals surface area contributed by atoms with Crippen molar-refractivity contribution in [3.63, 3.8) is 0 Å². The molecule has 1 aromatic heterocycles. The van der Waals surface area contributed by atoms with Gasteiger partial charge in [-0.15, -0.1) is 0 Å². The Balaban J connectivity index is 1.53. The summed E-state index contributed by atoms with van der Waals surface area (Å²) >= 11 is 0. The number of aryl methyl sites for hydroxylation is 1. The van der Waals surface area contributed by atoms with Crippen LogP contribution in [0.15, 0.2) is 42.5 Å². The van der Waals surface area contributed by atoms with Crippen LogP contribution in [0.3, 0.4) is 0 Å². The maximum absolute atomic E-state index is 14.3. The smallest absolute Gasteiger partial charge is 0.367 e. The lowest BCUT2D eigenvalue weighted by molar-refractivity contribution is -0.171. The third kappa shape index (κ3) is 4.67. The number of nitrogens with one attached hydrogen (secondary N) is 1. The van der Waals surface area contributed by atoms with Crippen LogP contribution in [0.1, 0.15) is 31.2 Å². The Bertz CT molecular complexity index is 1220. The molecule has 0 saturated heterocycles. The van der Waals surface area contributed by atoms with Gasteiger partial charge in [-0.3, -0.25) is 9.69 Å². The van der Waals surface area contributed by atoms with Gasteiger partial charge >= 0.3 is 12.1 Å². The molecule has 34 heavy (non-hydrogen) atoms. The normalized spacial score (nSPS) is 18.7. The number of amides is 1. The average molecular weight is 481 g/mol. The summed E-state index contributed by atoms with van der Waals surface area (Å²) < 4.78 is 81.3. The fourth-order valence-corrected chi connectivity index (χ4v) is 4.42. The van der Waals surface area contributed by atoms with Gasteiger partial charge in [0.05, 0.1) is 11.2 Å². The number of fused-ring (bicyclic) bond motifs is 1. The number of anilines is 2. The number of pyridine rings is 1. The molecule has 180 valence electrons. The molecule has 10 heteroatoms. The van der Waals surface area contributed by atoms with Gasteiger partial charge in [-0.05, 0) is 62.4 Å². The van der Waals surface area contributed by atoms with Gasteiger partial charge in [0.2, 0.25) is 0 Å². The molecule has 4 nitrogen and oxygen atoms in total. The molecule has 0 spiro atoms. The molecule has 1 heterocycles. The van der Waals surface area contributed by atoms with E-state index >= 15 is 0 Å². The largest absolute Gasteiger partial charge is 0.471 e. The first-order valence-electron chi connectivity index (χ1n) is 10.7. The molecule has 2 aromatic carbocycles. The van der Waals surface area contributed by atoms with E-state index in [0.717, 1.165) is 16.5 Å². The van der Waals surface area contributed by atoms with Crippen molar-refractivity contribution >= 4 is 28.3 Å². The third-order valence-corrected chi connectivity index (χ3v) is 6.07. The molecule has 0 atom stereocenters. The Morgan fingerprint density at radius 2 is 1.68 bits per heavy atom. The minimum Gasteiger partial charge on any atom is -0.367 e. The maximum Gasteiger partial charge on any atom is 0.471 e. The average Bonchev–Trinajstić information content (AvgIpc) is 2.79. The van der Waals surface area contributed by atoms with Crippen LogP contribution in [0.25, 0.3) is 10.9 Å². The highest BCUT2D eigenvalue weighted by Gasteiger charge is 2.47. The van der Waals surface area contributed by atoms with Crippen molar-refractivity contribution in [1.29, 1.82) is 0 Å². The zero-order valence-electron chi connectivity index (χ0n) is 18.1. The molecule has 1 aliphatic rings. The maximum atomic E-state index is 14.3. The zero-order valence-corrected chi connectivity index (χ0v) is 18.1. The summed E-state index contributed by atoms with van der Waals surface area (Å²) in [5.41, 5.74) is 0.886. The highest BCUT2D eigenvalue weighted by atomic mass is 19.4. The van der Waals surface area contributed by atoms with Crippen LogP contribution < -0.4 is 10.2 Å². The number of hydrogen-bond donors (Lipinski definition) is 1. The Kier molecular flexibility index (Phi) is 6.42. The second kappa shape index (κ2) is 9.15. The van der Waals surface area contributed by atoms with E-state index in [1.165, 1.54) is 0 Å². The van der Waals surface area contributed by atoms with Gasteiger partial charge in [0.15, 0.2) is 17.5 Å². The monoisotopic (exact) mass is 481 g/mol. The molecular formula is C24H21F6N3O. The Hall–Kier alpha value is -3.30. The molecule has 0 bridgehead atoms. The predicted molar refractivity (Wildman–Crippen MR) is 116 cm³/mol. The summed E-state index contributed by atoms with van der Waals surface area (Å²) in [4.78, 5) is 16.9. The fourth-order valence-electron chi connectivity index (χ4n) is 4.42. The van der Waals surface area contributed by atoms with Crippen molar-refractivity contribution in [3.8, 4) is 0 Å². The number of halogens is 6. The topological polar surface area (TPSA) is 45.2 Å². The SMILES string of the molecule is Cc1cc(NC2CCC(N(C(=O)C(F)(F)F)c3ccc(F)c(F)c3F)CC2)nc2ccccc12. The molecule has 1 N–H and O–H groups in total. The van der Waals surface area contributed by atoms with E-state index in [9.17, 15) is 31.1 Å². The van der Waals surface area contributed by atoms with E-state index in [-0.39, 0.29) is 23.8 Å². The van der Waals surface area contributed by atoms with Gasteiger partial charge in [0.25, 0.3) is 0 Å². The third-order valence-electron chi connectivity index (χ3n) is 6.07. The van der Waals surface area contributed by atoms with Crippen molar-refractivity contribution in [2.75, 3.05) is 10.2 Å². The summed E-state index contributed by atoms with van der Waals surface area (Å²) in [6.07, 6.45) is -4.37. The van der Waals surface area contributed by atoms with E-state index in [1.807, 2.05) is 37.3 Å². The van der Waals surface area contributed by atoms with E-state index < -0.39 is 41.3 Å². The second-order valence-corrected chi connectivity index (χ2v) is 8.36. The summed E-state index contributed by atoms with van der Waals surface area (Å²) in [5, 5.41) is 4.29. The predicted octanol–water partition coefficient (Wildman–Crippen LogP) is 6.28. The van der Waals surface area contributed by atoms with Crippen LogP contribution in [0, 0.1) is 24.4 Å². The molecule has 1 saturated carbocycles. The first kappa shape index (κ1) is 23.8. The molecule has 1 fully saturated rings. The van der Waals surface area contributed by atoms with Crippen LogP contribution in [-0.4, -0.2) is 29.2 Å². The summed E-state index contributed by atoms with van der Waals surface area (Å²) in [6.45, 7) is 1.95. The van der Waals surface area contributed by atoms with Gasteiger partial charge < -0.3 is 5.32 Å². The number of rotatable bonds is 4. The van der Waals surface area contributed by atoms with Gasteiger partial charge in [0, 0.05) is 17.5 Å². The van der Waals surface area contributed by atoms with E-state index in [2.05, 4.69) is 10.3 Å². The van der Waals surface area contributed by atoms with Crippen LogP contribution in [0.4, 0.5) is 37.8 Å². The van der Waals surface area contributed by atoms with Crippen LogP contribution in [-0.2, 0) is 4.79 Å². The number of hydrogen-bond acceptors (Lipinski definition) is 3. The van der Waals surface area contributed by atoms with Crippen molar-refractivity contribution < 1.29 is 31.1 Å². The van der Waals surface area contributed by atoms with Gasteiger partial charge in [0.1, 0.15) is 5.82 Å². The lowest BCUT2D eigenvalue weighted by Gasteiger charge is -2.37. The number of benzene rings is 2. The molecule has 3 aromatic rings. The first-order valence-corrected chi connectivity index (χ1v) is 10.7. The van der Waals surface area contributed by atoms with Crippen molar-refractivity contribution in [2.24, 2.45) is 0 Å². The van der Waals surface area contributed by atoms with Gasteiger partial charge in [-0.1, -0.05) is 18.2 Å². The Morgan fingerprint density at radius 3 is 2.35 bits per heavy atom. The number of carbonyl (C=O) groups excluding carboxylic acids is 1. The molecule has 1 amide bonds. The quantitative estimate of drug-likeness (QED) is 0.353. The van der Waals surface area contributed by atoms with Crippen LogP contribution >= 0.6 is 0 Å². The van der Waals surface area contributed by atoms with Crippen LogP contribution in [0.5, 0.6) is 0 Å². The highest BCUT2D eigenvalue weighted by molar-refractivity contribution is 5.98. The number of carbonyl (C=O) groups is 1. The first-order chi connectivity index (χ1) is 16.1. The van der Waals surface area contributed by atoms with Crippen LogP contribution in [0.2, 0.25) is 0 Å². The minimum absolute atomic E-state index is 0.102. The molecule has 0 radical (unpaired) electrons. The molecular weight excluding hydrogens is 460 g/mol. The number of nitrogens with zero attached hydrogens (tertiary/aromatic N) is 2. The van der Waals surface area contributed by atoms with Crippen molar-refractivity contribution in [2.45, 2.75) is 50.9 Å². The van der Waals surface area contributed by atoms with Gasteiger partial charge in [-0.2, -0.15) is 13.2 Å². The van der Waals surface area contributed by atoms with E-state index in [0.29, 0.717) is 30.8 Å². The van der Waals surface area contributed by atoms with E-state index in [4.69, 9.17) is 0 Å². The second-order valence-electron chi connectivity index (χ2n) is 8.36. The fraction of sp³-hybridized carbons (Fsp3) is 0.333. The van der Waals surface area contributed by atoms with Crippen molar-refractivity contribution in [1.82, 2.24) is 4.98 Å². The summed E-state index contributed by atoms with van der Waals surface area (Å²) in [7, 11) is 0. The van der Waals surface area contributed by atoms with Gasteiger partial charge in [-0.25, -0.2) is 18.2 Å². The van der Waals surface area contributed by atoms with E-state index in [1.54, 1.807) is 0 Å².